The van der Waals surface area contributed by atoms with Crippen LogP contribution in [0.3, 0.4) is 0 Å². The quantitative estimate of drug-likeness (QED) is 0.164. The van der Waals surface area contributed by atoms with E-state index in [4.69, 9.17) is 16.2 Å². The number of unbranched alkanes of at least 4 members (excludes halogenated alkanes) is 1. The number of nitrogen functional groups attached to an aromatic ring is 2. The van der Waals surface area contributed by atoms with Gasteiger partial charge in [-0.3, -0.25) is 0 Å². The average molecular weight is 549 g/mol. The summed E-state index contributed by atoms with van der Waals surface area (Å²) in [4.78, 5) is 0. The number of ether oxygens (including phenoxy) is 1. The Morgan fingerprint density at radius 3 is 2.60 bits per heavy atom. The molecule has 4 aliphatic carbocycles. The van der Waals surface area contributed by atoms with Crippen LogP contribution in [0.2, 0.25) is 0 Å². The Labute approximate surface area is 246 Å². The van der Waals surface area contributed by atoms with E-state index in [0.29, 0.717) is 10.8 Å². The maximum absolute atomic E-state index is 6.08. The fourth-order valence-corrected chi connectivity index (χ4v) is 10.8. The van der Waals surface area contributed by atoms with Gasteiger partial charge >= 0.3 is 0 Å². The molecule has 224 valence electrons. The lowest BCUT2D eigenvalue weighted by atomic mass is 9.44. The lowest BCUT2D eigenvalue weighted by Crippen LogP contribution is -2.53. The van der Waals surface area contributed by atoms with Crippen molar-refractivity contribution in [2.45, 2.75) is 130 Å². The molecule has 0 spiro atoms. The zero-order chi connectivity index (χ0) is 28.3. The minimum Gasteiger partial charge on any atom is -0.501 e. The molecule has 0 bridgehead atoms. The molecule has 0 aliphatic heterocycles. The van der Waals surface area contributed by atoms with Gasteiger partial charge in [0.1, 0.15) is 0 Å². The summed E-state index contributed by atoms with van der Waals surface area (Å²) in [7, 11) is 0. The molecule has 5 rings (SSSR count). The monoisotopic (exact) mass is 548 g/mol. The lowest BCUT2D eigenvalue weighted by molar-refractivity contribution is -0.114. The largest absolute Gasteiger partial charge is 0.501 e. The molecule has 0 radical (unpaired) electrons. The van der Waals surface area contributed by atoms with E-state index < -0.39 is 0 Å². The van der Waals surface area contributed by atoms with E-state index in [-0.39, 0.29) is 0 Å². The van der Waals surface area contributed by atoms with Gasteiger partial charge in [-0.05, 0) is 160 Å². The first kappa shape index (κ1) is 29.8. The number of rotatable bonds is 11. The molecule has 0 heterocycles. The normalized spacial score (nSPS) is 36.4. The number of anilines is 2. The van der Waals surface area contributed by atoms with Crippen molar-refractivity contribution >= 4 is 11.4 Å². The fraction of sp³-hybridized carbons (Fsp3) is 0.784. The van der Waals surface area contributed by atoms with Crippen LogP contribution < -0.4 is 11.5 Å². The molecule has 4 saturated carbocycles. The first-order valence-electron chi connectivity index (χ1n) is 17.1. The summed E-state index contributed by atoms with van der Waals surface area (Å²) >= 11 is 0. The Hall–Kier alpha value is -1.64. The molecular weight excluding hydrogens is 488 g/mol. The Balaban J connectivity index is 1.03. The van der Waals surface area contributed by atoms with Crippen molar-refractivity contribution < 1.29 is 4.74 Å². The minimum atomic E-state index is 0.601. The lowest BCUT2D eigenvalue weighted by Gasteiger charge is -2.61. The topological polar surface area (TPSA) is 61.3 Å². The van der Waals surface area contributed by atoms with Gasteiger partial charge < -0.3 is 16.2 Å². The molecule has 40 heavy (non-hydrogen) atoms. The SMILES string of the molecule is CC(=COCCCCc1ccc(N)cc1N)CCC[C@@H](C)[C@H]1CC[C@H]2[C@@H]3CCC4CCCC[C@]4(C)[C@H]3CC[C@]12C. The van der Waals surface area contributed by atoms with E-state index in [9.17, 15) is 0 Å². The van der Waals surface area contributed by atoms with E-state index in [0.717, 1.165) is 72.8 Å². The molecule has 1 aromatic carbocycles. The van der Waals surface area contributed by atoms with E-state index in [1.54, 1.807) is 6.42 Å². The molecular formula is C37H60N2O. The van der Waals surface area contributed by atoms with E-state index >= 15 is 0 Å². The van der Waals surface area contributed by atoms with Crippen molar-refractivity contribution in [3.05, 3.63) is 35.6 Å². The van der Waals surface area contributed by atoms with Gasteiger partial charge in [0.2, 0.25) is 0 Å². The molecule has 0 saturated heterocycles. The van der Waals surface area contributed by atoms with Crippen LogP contribution in [0, 0.1) is 46.3 Å². The van der Waals surface area contributed by atoms with Gasteiger partial charge in [0, 0.05) is 11.4 Å². The molecule has 4 N–H and O–H groups in total. The van der Waals surface area contributed by atoms with Gasteiger partial charge in [-0.1, -0.05) is 46.1 Å². The highest BCUT2D eigenvalue weighted by Gasteiger charge is 2.60. The number of fused-ring (bicyclic) bond motifs is 5. The molecule has 4 fully saturated rings. The van der Waals surface area contributed by atoms with Crippen LogP contribution in [0.15, 0.2) is 30.0 Å². The van der Waals surface area contributed by atoms with Crippen molar-refractivity contribution in [1.82, 2.24) is 0 Å². The predicted molar refractivity (Wildman–Crippen MR) is 171 cm³/mol. The molecule has 0 amide bonds. The van der Waals surface area contributed by atoms with Crippen molar-refractivity contribution in [2.24, 2.45) is 46.3 Å². The van der Waals surface area contributed by atoms with Crippen LogP contribution >= 0.6 is 0 Å². The van der Waals surface area contributed by atoms with Gasteiger partial charge in [-0.2, -0.15) is 0 Å². The van der Waals surface area contributed by atoms with Crippen LogP contribution in [0.4, 0.5) is 11.4 Å². The van der Waals surface area contributed by atoms with Crippen molar-refractivity contribution in [2.75, 3.05) is 18.1 Å². The van der Waals surface area contributed by atoms with E-state index in [1.165, 1.54) is 88.2 Å². The molecule has 0 aromatic heterocycles. The molecule has 3 nitrogen and oxygen atoms in total. The van der Waals surface area contributed by atoms with Gasteiger partial charge in [0.25, 0.3) is 0 Å². The second-order valence-electron chi connectivity index (χ2n) is 15.3. The van der Waals surface area contributed by atoms with Crippen LogP contribution in [-0.4, -0.2) is 6.61 Å². The van der Waals surface area contributed by atoms with Crippen LogP contribution in [0.25, 0.3) is 0 Å². The third-order valence-corrected chi connectivity index (χ3v) is 13.0. The maximum Gasteiger partial charge on any atom is 0.0873 e. The molecule has 4 aliphatic rings. The second kappa shape index (κ2) is 12.7. The summed E-state index contributed by atoms with van der Waals surface area (Å²) in [5, 5.41) is 0. The maximum atomic E-state index is 6.08. The smallest absolute Gasteiger partial charge is 0.0873 e. The Morgan fingerprint density at radius 2 is 1.77 bits per heavy atom. The third-order valence-electron chi connectivity index (χ3n) is 13.0. The van der Waals surface area contributed by atoms with Crippen molar-refractivity contribution in [3.8, 4) is 0 Å². The Kier molecular flexibility index (Phi) is 9.47. The predicted octanol–water partition coefficient (Wildman–Crippen LogP) is 9.95. The highest BCUT2D eigenvalue weighted by Crippen LogP contribution is 2.68. The standard InChI is InChI=1S/C37H60N2O/c1-26(25-40-23-8-6-12-28-14-16-30(38)24-35(28)39)10-9-11-27(2)32-18-19-33-31-17-15-29-13-5-7-21-36(29,3)34(31)20-22-37(32,33)4/h14,16,24-25,27,29,31-34H,5-13,15,17-23,38-39H2,1-4H3/t27-,29?,31+,32-,33+,34+,36+,37-/m1/s1. The zero-order valence-electron chi connectivity index (χ0n) is 26.4. The summed E-state index contributed by atoms with van der Waals surface area (Å²) in [6.07, 6.45) is 24.2. The minimum absolute atomic E-state index is 0.601. The fourth-order valence-electron chi connectivity index (χ4n) is 10.8. The van der Waals surface area contributed by atoms with Crippen LogP contribution in [0.1, 0.15) is 130 Å². The summed E-state index contributed by atoms with van der Waals surface area (Å²) in [6.45, 7) is 11.1. The summed E-state index contributed by atoms with van der Waals surface area (Å²) in [5.74, 6) is 5.89. The first-order valence-corrected chi connectivity index (χ1v) is 17.1. The van der Waals surface area contributed by atoms with Gasteiger partial charge in [-0.25, -0.2) is 0 Å². The number of aryl methyl sites for hydroxylation is 1. The third kappa shape index (κ3) is 6.10. The number of benzene rings is 1. The van der Waals surface area contributed by atoms with Gasteiger partial charge in [0.05, 0.1) is 12.9 Å². The Morgan fingerprint density at radius 1 is 0.950 bits per heavy atom. The summed E-state index contributed by atoms with van der Waals surface area (Å²) in [6, 6.07) is 5.85. The highest BCUT2D eigenvalue weighted by atomic mass is 16.5. The average Bonchev–Trinajstić information content (AvgIpc) is 3.28. The highest BCUT2D eigenvalue weighted by molar-refractivity contribution is 5.56. The summed E-state index contributed by atoms with van der Waals surface area (Å²) < 4.78 is 5.91. The number of nitrogens with two attached hydrogens (primary N) is 2. The van der Waals surface area contributed by atoms with E-state index in [1.807, 2.05) is 18.4 Å². The Bertz CT molecular complexity index is 1020. The molecule has 8 atom stereocenters. The van der Waals surface area contributed by atoms with Gasteiger partial charge in [-0.15, -0.1) is 0 Å². The van der Waals surface area contributed by atoms with Crippen LogP contribution in [0.5, 0.6) is 0 Å². The zero-order valence-corrected chi connectivity index (χ0v) is 26.4. The van der Waals surface area contributed by atoms with Crippen LogP contribution in [-0.2, 0) is 11.2 Å². The number of hydrogen-bond donors (Lipinski definition) is 2. The van der Waals surface area contributed by atoms with Gasteiger partial charge in [0.15, 0.2) is 0 Å². The number of hydrogen-bond acceptors (Lipinski definition) is 3. The number of allylic oxidation sites excluding steroid dienone is 1. The van der Waals surface area contributed by atoms with E-state index in [2.05, 4.69) is 33.8 Å². The van der Waals surface area contributed by atoms with Crippen molar-refractivity contribution in [3.63, 3.8) is 0 Å². The molecule has 1 aromatic rings. The summed E-state index contributed by atoms with van der Waals surface area (Å²) in [5.41, 5.74) is 17.3. The molecule has 1 unspecified atom stereocenters. The van der Waals surface area contributed by atoms with Crippen molar-refractivity contribution in [1.29, 1.82) is 0 Å². The molecule has 3 heteroatoms. The second-order valence-corrected chi connectivity index (χ2v) is 15.3. The first-order chi connectivity index (χ1) is 19.2.